The number of rotatable bonds is 6. The van der Waals surface area contributed by atoms with Crippen LogP contribution in [0.15, 0.2) is 23.1 Å². The summed E-state index contributed by atoms with van der Waals surface area (Å²) in [6, 6.07) is 3.97. The fraction of sp³-hybridized carbons (Fsp3) is 0.278. The minimum Gasteiger partial charge on any atom is -0.465 e. The van der Waals surface area contributed by atoms with Crippen molar-refractivity contribution in [2.75, 3.05) is 7.11 Å². The smallest absolute Gasteiger partial charge is 0.341 e. The van der Waals surface area contributed by atoms with Crippen LogP contribution >= 0.6 is 0 Å². The average molecular weight is 436 g/mol. The second-order valence-corrected chi connectivity index (χ2v) is 7.41. The SMILES string of the molecule is CCC(C)c1ccc(Oc2c(F)c(F)c(S(=O)(=O)O)c(F)c2F)c(C(=O)OC)c1. The molecule has 0 aliphatic carbocycles. The van der Waals surface area contributed by atoms with E-state index in [0.29, 0.717) is 12.0 Å². The van der Waals surface area contributed by atoms with Crippen LogP contribution in [0.5, 0.6) is 11.5 Å². The van der Waals surface area contributed by atoms with Gasteiger partial charge in [0, 0.05) is 0 Å². The summed E-state index contributed by atoms with van der Waals surface area (Å²) in [5.74, 6) is -12.2. The molecule has 0 aliphatic heterocycles. The third kappa shape index (κ3) is 4.35. The van der Waals surface area contributed by atoms with Crippen molar-refractivity contribution < 1.29 is 44.8 Å². The molecule has 11 heteroatoms. The number of carbonyl (C=O) groups is 1. The molecule has 1 unspecified atom stereocenters. The molecule has 1 N–H and O–H groups in total. The molecule has 0 aromatic heterocycles. The van der Waals surface area contributed by atoms with Crippen molar-refractivity contribution in [2.45, 2.75) is 31.1 Å². The first-order valence-electron chi connectivity index (χ1n) is 8.17. The number of methoxy groups -OCH3 is 1. The van der Waals surface area contributed by atoms with Crippen molar-refractivity contribution in [3.8, 4) is 11.5 Å². The van der Waals surface area contributed by atoms with E-state index in [-0.39, 0.29) is 11.5 Å². The maximum Gasteiger partial charge on any atom is 0.341 e. The van der Waals surface area contributed by atoms with E-state index in [1.165, 1.54) is 12.1 Å². The lowest BCUT2D eigenvalue weighted by Gasteiger charge is -2.16. The Balaban J connectivity index is 2.67. The van der Waals surface area contributed by atoms with Crippen molar-refractivity contribution in [3.05, 3.63) is 52.6 Å². The van der Waals surface area contributed by atoms with Crippen molar-refractivity contribution in [1.82, 2.24) is 0 Å². The number of benzene rings is 2. The van der Waals surface area contributed by atoms with Gasteiger partial charge >= 0.3 is 16.1 Å². The van der Waals surface area contributed by atoms with Crippen LogP contribution in [0, 0.1) is 23.3 Å². The lowest BCUT2D eigenvalue weighted by atomic mass is 9.96. The van der Waals surface area contributed by atoms with E-state index in [1.807, 2.05) is 13.8 Å². The highest BCUT2D eigenvalue weighted by Gasteiger charge is 2.34. The zero-order valence-corrected chi connectivity index (χ0v) is 16.2. The second kappa shape index (κ2) is 8.37. The third-order valence-corrected chi connectivity index (χ3v) is 5.12. The van der Waals surface area contributed by atoms with Gasteiger partial charge in [-0.15, -0.1) is 0 Å². The standard InChI is InChI=1S/C18H16F4O6S/c1-4-8(2)9-5-6-11(10(7-9)18(23)27-3)28-16-12(19)14(21)17(29(24,25)26)15(22)13(16)20/h5-8H,4H2,1-3H3,(H,24,25,26). The Morgan fingerprint density at radius 3 is 2.10 bits per heavy atom. The average Bonchev–Trinajstić information content (AvgIpc) is 2.67. The molecule has 0 spiro atoms. The van der Waals surface area contributed by atoms with Gasteiger partial charge in [-0.25, -0.2) is 13.6 Å². The van der Waals surface area contributed by atoms with Gasteiger partial charge in [-0.3, -0.25) is 4.55 Å². The van der Waals surface area contributed by atoms with Crippen LogP contribution in [0.3, 0.4) is 0 Å². The van der Waals surface area contributed by atoms with Crippen molar-refractivity contribution in [3.63, 3.8) is 0 Å². The molecule has 2 aromatic rings. The van der Waals surface area contributed by atoms with Crippen LogP contribution in [0.25, 0.3) is 0 Å². The van der Waals surface area contributed by atoms with Crippen LogP contribution in [0.1, 0.15) is 42.1 Å². The maximum absolute atomic E-state index is 14.2. The highest BCUT2D eigenvalue weighted by molar-refractivity contribution is 7.85. The van der Waals surface area contributed by atoms with Gasteiger partial charge in [-0.05, 0) is 30.0 Å². The first-order valence-corrected chi connectivity index (χ1v) is 9.61. The molecule has 2 aromatic carbocycles. The molecule has 0 radical (unpaired) electrons. The van der Waals surface area contributed by atoms with E-state index in [2.05, 4.69) is 4.74 Å². The fourth-order valence-corrected chi connectivity index (χ4v) is 3.10. The molecule has 0 heterocycles. The molecule has 0 fully saturated rings. The number of carbonyl (C=O) groups excluding carboxylic acids is 1. The molecule has 158 valence electrons. The Morgan fingerprint density at radius 1 is 1.10 bits per heavy atom. The molecule has 6 nitrogen and oxygen atoms in total. The van der Waals surface area contributed by atoms with Gasteiger partial charge in [0.05, 0.1) is 7.11 Å². The second-order valence-electron chi connectivity index (χ2n) is 6.05. The molecule has 0 saturated heterocycles. The Labute approximate surface area is 163 Å². The molecule has 0 bridgehead atoms. The van der Waals surface area contributed by atoms with Gasteiger partial charge in [0.25, 0.3) is 0 Å². The lowest BCUT2D eigenvalue weighted by molar-refractivity contribution is 0.0597. The van der Waals surface area contributed by atoms with Crippen LogP contribution in [0.2, 0.25) is 0 Å². The fourth-order valence-electron chi connectivity index (χ4n) is 2.47. The Bertz CT molecular complexity index is 1040. The van der Waals surface area contributed by atoms with Crippen LogP contribution in [-0.2, 0) is 14.9 Å². The monoisotopic (exact) mass is 436 g/mol. The number of ether oxygens (including phenoxy) is 2. The molecular formula is C18H16F4O6S. The van der Waals surface area contributed by atoms with Crippen molar-refractivity contribution in [1.29, 1.82) is 0 Å². The van der Waals surface area contributed by atoms with Gasteiger partial charge in [0.15, 0.2) is 16.5 Å². The van der Waals surface area contributed by atoms with Gasteiger partial charge in [-0.1, -0.05) is 19.9 Å². The minimum atomic E-state index is -5.60. The summed E-state index contributed by atoms with van der Waals surface area (Å²) in [5, 5.41) is 0. The quantitative estimate of drug-likeness (QED) is 0.309. The summed E-state index contributed by atoms with van der Waals surface area (Å²) in [5.41, 5.74) is 0.393. The summed E-state index contributed by atoms with van der Waals surface area (Å²) in [4.78, 5) is 9.83. The highest BCUT2D eigenvalue weighted by atomic mass is 32.2. The topological polar surface area (TPSA) is 89.9 Å². The van der Waals surface area contributed by atoms with Gasteiger partial charge < -0.3 is 9.47 Å². The zero-order chi connectivity index (χ0) is 22.1. The molecule has 0 amide bonds. The van der Waals surface area contributed by atoms with Crippen molar-refractivity contribution in [2.24, 2.45) is 0 Å². The maximum atomic E-state index is 14.2. The van der Waals surface area contributed by atoms with Crippen LogP contribution in [-0.4, -0.2) is 26.0 Å². The number of halogens is 4. The summed E-state index contributed by atoms with van der Waals surface area (Å²) in [7, 11) is -4.56. The minimum absolute atomic E-state index is 0.00450. The summed E-state index contributed by atoms with van der Waals surface area (Å²) < 4.78 is 96.6. The van der Waals surface area contributed by atoms with Crippen LogP contribution < -0.4 is 4.74 Å². The first-order chi connectivity index (χ1) is 13.4. The predicted molar refractivity (Wildman–Crippen MR) is 92.7 cm³/mol. The molecule has 0 aliphatic rings. The molecular weight excluding hydrogens is 420 g/mol. The predicted octanol–water partition coefficient (Wildman–Crippen LogP) is 4.58. The highest BCUT2D eigenvalue weighted by Crippen LogP contribution is 2.37. The number of hydrogen-bond donors (Lipinski definition) is 1. The summed E-state index contributed by atoms with van der Waals surface area (Å²) in [6.45, 7) is 3.75. The third-order valence-electron chi connectivity index (χ3n) is 4.24. The molecule has 2 rings (SSSR count). The van der Waals surface area contributed by atoms with E-state index in [1.54, 1.807) is 0 Å². The van der Waals surface area contributed by atoms with E-state index in [4.69, 9.17) is 9.29 Å². The van der Waals surface area contributed by atoms with E-state index < -0.39 is 55.8 Å². The zero-order valence-electron chi connectivity index (χ0n) is 15.4. The summed E-state index contributed by atoms with van der Waals surface area (Å²) in [6.07, 6.45) is 0.706. The molecule has 29 heavy (non-hydrogen) atoms. The normalized spacial score (nSPS) is 12.6. The van der Waals surface area contributed by atoms with E-state index in [9.17, 15) is 30.8 Å². The largest absolute Gasteiger partial charge is 0.465 e. The van der Waals surface area contributed by atoms with E-state index >= 15 is 0 Å². The molecule has 1 atom stereocenters. The van der Waals surface area contributed by atoms with Gasteiger partial charge in [0.1, 0.15) is 11.3 Å². The first kappa shape index (κ1) is 22.6. The lowest BCUT2D eigenvalue weighted by Crippen LogP contribution is -2.12. The van der Waals surface area contributed by atoms with E-state index in [0.717, 1.165) is 13.2 Å². The number of hydrogen-bond acceptors (Lipinski definition) is 5. The Kier molecular flexibility index (Phi) is 6.53. The number of esters is 1. The van der Waals surface area contributed by atoms with Gasteiger partial charge in [-0.2, -0.15) is 17.2 Å². The Hall–Kier alpha value is -2.66. The summed E-state index contributed by atoms with van der Waals surface area (Å²) >= 11 is 0. The molecule has 0 saturated carbocycles. The van der Waals surface area contributed by atoms with Crippen LogP contribution in [0.4, 0.5) is 17.6 Å². The Morgan fingerprint density at radius 2 is 1.66 bits per heavy atom. The van der Waals surface area contributed by atoms with Crippen molar-refractivity contribution >= 4 is 16.1 Å². The van der Waals surface area contributed by atoms with Gasteiger partial charge in [0.2, 0.25) is 17.4 Å².